The van der Waals surface area contributed by atoms with Gasteiger partial charge >= 0.3 is 7.37 Å². The number of phenolic OH excluding ortho intramolecular Hbond substituents is 2. The van der Waals surface area contributed by atoms with Crippen molar-refractivity contribution in [3.05, 3.63) is 71.6 Å². The van der Waals surface area contributed by atoms with E-state index in [0.29, 0.717) is 11.1 Å². The van der Waals surface area contributed by atoms with Crippen molar-refractivity contribution in [2.75, 3.05) is 0 Å². The molecule has 0 spiro atoms. The van der Waals surface area contributed by atoms with Crippen LogP contribution in [-0.4, -0.2) is 10.2 Å². The smallest absolute Gasteiger partial charge is 0.307 e. The summed E-state index contributed by atoms with van der Waals surface area (Å²) in [6.07, 6.45) is 5.76. The Hall–Kier alpha value is -2.45. The third-order valence-corrected chi connectivity index (χ3v) is 7.18. The summed E-state index contributed by atoms with van der Waals surface area (Å²) in [5.74, 6) is 0.442. The van der Waals surface area contributed by atoms with Gasteiger partial charge < -0.3 is 14.7 Å². The first kappa shape index (κ1) is 15.1. The van der Waals surface area contributed by atoms with Crippen LogP contribution in [0.25, 0.3) is 0 Å². The van der Waals surface area contributed by atoms with Crippen LogP contribution in [0.4, 0.5) is 0 Å². The molecular formula is C19H17O4P. The van der Waals surface area contributed by atoms with E-state index in [4.69, 9.17) is 4.52 Å². The van der Waals surface area contributed by atoms with Gasteiger partial charge in [0.15, 0.2) is 0 Å². The summed E-state index contributed by atoms with van der Waals surface area (Å²) < 4.78 is 19.8. The number of fused-ring (bicyclic) bond motifs is 3. The van der Waals surface area contributed by atoms with Crippen molar-refractivity contribution in [3.63, 3.8) is 0 Å². The summed E-state index contributed by atoms with van der Waals surface area (Å²) >= 11 is 0. The Balaban J connectivity index is 2.00. The fourth-order valence-corrected chi connectivity index (χ4v) is 6.11. The molecule has 2 aromatic rings. The molecule has 4 rings (SSSR count). The highest BCUT2D eigenvalue weighted by Crippen LogP contribution is 2.66. The first-order chi connectivity index (χ1) is 11.5. The van der Waals surface area contributed by atoms with E-state index in [1.54, 1.807) is 6.07 Å². The van der Waals surface area contributed by atoms with Gasteiger partial charge in [-0.3, -0.25) is 4.57 Å². The van der Waals surface area contributed by atoms with Gasteiger partial charge in [0.05, 0.1) is 5.30 Å². The molecule has 0 bridgehead atoms. The van der Waals surface area contributed by atoms with Crippen molar-refractivity contribution >= 4 is 12.7 Å². The van der Waals surface area contributed by atoms with Gasteiger partial charge in [-0.2, -0.15) is 0 Å². The predicted octanol–water partition coefficient (Wildman–Crippen LogP) is 4.27. The van der Waals surface area contributed by atoms with E-state index in [1.807, 2.05) is 30.4 Å². The maximum Gasteiger partial charge on any atom is 0.307 e. The molecule has 0 amide bonds. The minimum atomic E-state index is -3.53. The number of hydrogen-bond donors (Lipinski definition) is 2. The van der Waals surface area contributed by atoms with Crippen molar-refractivity contribution < 1.29 is 19.3 Å². The van der Waals surface area contributed by atoms with Crippen molar-refractivity contribution in [2.24, 2.45) is 5.92 Å². The normalized spacial score (nSPS) is 27.6. The van der Waals surface area contributed by atoms with Crippen molar-refractivity contribution in [1.29, 1.82) is 0 Å². The first-order valence-corrected chi connectivity index (χ1v) is 9.43. The van der Waals surface area contributed by atoms with Crippen LogP contribution < -0.4 is 9.83 Å². The molecule has 0 fully saturated rings. The van der Waals surface area contributed by atoms with Crippen LogP contribution in [0.2, 0.25) is 0 Å². The third kappa shape index (κ3) is 2.10. The molecule has 1 heterocycles. The lowest BCUT2D eigenvalue weighted by molar-refractivity contribution is 0.450. The van der Waals surface area contributed by atoms with Gasteiger partial charge in [-0.05, 0) is 30.2 Å². The molecular weight excluding hydrogens is 323 g/mol. The Labute approximate surface area is 140 Å². The number of allylic oxidation sites excluding steroid dienone is 4. The third-order valence-electron chi connectivity index (χ3n) is 4.62. The van der Waals surface area contributed by atoms with Crippen LogP contribution in [0, 0.1) is 5.92 Å². The average molecular weight is 340 g/mol. The maximum atomic E-state index is 13.9. The molecule has 0 saturated heterocycles. The van der Waals surface area contributed by atoms with E-state index in [-0.39, 0.29) is 28.6 Å². The van der Waals surface area contributed by atoms with Gasteiger partial charge in [-0.25, -0.2) is 0 Å². The van der Waals surface area contributed by atoms with Crippen LogP contribution >= 0.6 is 7.37 Å². The second-order valence-corrected chi connectivity index (χ2v) is 8.45. The molecule has 3 atom stereocenters. The highest BCUT2D eigenvalue weighted by atomic mass is 31.2. The summed E-state index contributed by atoms with van der Waals surface area (Å²) in [6.45, 7) is 2.07. The zero-order chi connectivity index (χ0) is 16.9. The Morgan fingerprint density at radius 2 is 1.92 bits per heavy atom. The quantitative estimate of drug-likeness (QED) is 0.601. The second kappa shape index (κ2) is 5.29. The van der Waals surface area contributed by atoms with Crippen molar-refractivity contribution in [2.45, 2.75) is 12.8 Å². The highest BCUT2D eigenvalue weighted by Gasteiger charge is 2.46. The largest absolute Gasteiger partial charge is 0.508 e. The molecule has 4 nitrogen and oxygen atoms in total. The minimum Gasteiger partial charge on any atom is -0.508 e. The summed E-state index contributed by atoms with van der Waals surface area (Å²) in [6, 6.07) is 11.6. The van der Waals surface area contributed by atoms with Crippen LogP contribution in [0.1, 0.15) is 18.4 Å². The van der Waals surface area contributed by atoms with E-state index in [9.17, 15) is 14.8 Å². The first-order valence-electron chi connectivity index (χ1n) is 7.81. The summed E-state index contributed by atoms with van der Waals surface area (Å²) in [5.41, 5.74) is 0.992. The van der Waals surface area contributed by atoms with E-state index in [0.717, 1.165) is 5.56 Å². The van der Waals surface area contributed by atoms with Crippen LogP contribution in [-0.2, 0) is 4.57 Å². The lowest BCUT2D eigenvalue weighted by atomic mass is 9.83. The fourth-order valence-electron chi connectivity index (χ4n) is 3.48. The molecule has 3 unspecified atom stereocenters. The van der Waals surface area contributed by atoms with E-state index < -0.39 is 7.37 Å². The molecule has 1 aliphatic heterocycles. The highest BCUT2D eigenvalue weighted by molar-refractivity contribution is 7.71. The molecule has 5 heteroatoms. The predicted molar refractivity (Wildman–Crippen MR) is 93.2 cm³/mol. The van der Waals surface area contributed by atoms with E-state index in [1.165, 1.54) is 18.2 Å². The van der Waals surface area contributed by atoms with Crippen molar-refractivity contribution in [3.8, 4) is 17.2 Å². The van der Waals surface area contributed by atoms with Gasteiger partial charge in [-0.1, -0.05) is 43.4 Å². The monoisotopic (exact) mass is 340 g/mol. The molecule has 0 radical (unpaired) electrons. The molecule has 2 aromatic carbocycles. The lowest BCUT2D eigenvalue weighted by Gasteiger charge is -2.38. The van der Waals surface area contributed by atoms with E-state index >= 15 is 0 Å². The second-order valence-electron chi connectivity index (χ2n) is 6.17. The molecule has 2 aliphatic rings. The molecule has 0 aromatic heterocycles. The van der Waals surface area contributed by atoms with Crippen LogP contribution in [0.15, 0.2) is 66.0 Å². The molecule has 0 saturated carbocycles. The Morgan fingerprint density at radius 3 is 2.75 bits per heavy atom. The van der Waals surface area contributed by atoms with Gasteiger partial charge in [0.2, 0.25) is 0 Å². The Kier molecular flexibility index (Phi) is 3.33. The Bertz CT molecular complexity index is 929. The molecule has 2 N–H and O–H groups in total. The number of para-hydroxylation sites is 1. The standard InChI is InChI=1S/C19H17O4P/c1-12-5-4-8-17-19(12)14-6-2-3-7-16(14)23-24(17,22)18-11-13(20)9-10-15(18)21/h2-12,19-21H,1H3. The van der Waals surface area contributed by atoms with Gasteiger partial charge in [-0.15, -0.1) is 0 Å². The van der Waals surface area contributed by atoms with Gasteiger partial charge in [0, 0.05) is 16.8 Å². The number of benzene rings is 2. The summed E-state index contributed by atoms with van der Waals surface area (Å²) in [7, 11) is -3.53. The Morgan fingerprint density at radius 1 is 1.12 bits per heavy atom. The van der Waals surface area contributed by atoms with Crippen LogP contribution in [0.5, 0.6) is 17.2 Å². The van der Waals surface area contributed by atoms with Gasteiger partial charge in [0.25, 0.3) is 0 Å². The zero-order valence-corrected chi connectivity index (χ0v) is 14.0. The topological polar surface area (TPSA) is 66.8 Å². The number of aromatic hydroxyl groups is 2. The van der Waals surface area contributed by atoms with E-state index in [2.05, 4.69) is 13.0 Å². The maximum absolute atomic E-state index is 13.9. The molecule has 122 valence electrons. The zero-order valence-electron chi connectivity index (χ0n) is 13.1. The lowest BCUT2D eigenvalue weighted by Crippen LogP contribution is -2.25. The van der Waals surface area contributed by atoms with Crippen LogP contribution in [0.3, 0.4) is 0 Å². The summed E-state index contributed by atoms with van der Waals surface area (Å²) in [5, 5.41) is 20.8. The van der Waals surface area contributed by atoms with Crippen molar-refractivity contribution in [1.82, 2.24) is 0 Å². The molecule has 24 heavy (non-hydrogen) atoms. The SMILES string of the molecule is CC1C=CC=C2C1c1ccccc1OP2(=O)c1cc(O)ccc1O. The number of hydrogen-bond acceptors (Lipinski definition) is 4. The van der Waals surface area contributed by atoms with Gasteiger partial charge in [0.1, 0.15) is 17.2 Å². The average Bonchev–Trinajstić information content (AvgIpc) is 2.57. The minimum absolute atomic E-state index is 0.0583. The number of rotatable bonds is 1. The fraction of sp³-hybridized carbons (Fsp3) is 0.158. The summed E-state index contributed by atoms with van der Waals surface area (Å²) in [4.78, 5) is 0. The molecule has 1 aliphatic carbocycles. The number of phenols is 2.